The lowest BCUT2D eigenvalue weighted by Crippen LogP contribution is -2.44. The molecule has 1 fully saturated rings. The predicted octanol–water partition coefficient (Wildman–Crippen LogP) is 3.64. The highest BCUT2D eigenvalue weighted by atomic mass is 35.5. The minimum absolute atomic E-state index is 0.0406. The Labute approximate surface area is 147 Å². The van der Waals surface area contributed by atoms with Crippen LogP contribution in [0.1, 0.15) is 29.3 Å². The number of amides is 1. The topological polar surface area (TPSA) is 51.0 Å². The maximum absolute atomic E-state index is 12.9. The van der Waals surface area contributed by atoms with Crippen molar-refractivity contribution in [3.63, 3.8) is 0 Å². The summed E-state index contributed by atoms with van der Waals surface area (Å²) >= 11 is 5.85. The van der Waals surface area contributed by atoms with Gasteiger partial charge in [-0.15, -0.1) is 5.10 Å². The summed E-state index contributed by atoms with van der Waals surface area (Å²) in [6, 6.07) is 6.80. The maximum Gasteiger partial charge on any atom is 0.393 e. The molecule has 0 aliphatic carbocycles. The zero-order valence-corrected chi connectivity index (χ0v) is 14.2. The molecule has 1 amide bonds. The fourth-order valence-corrected chi connectivity index (χ4v) is 3.00. The molecule has 1 aliphatic rings. The number of aromatic nitrogens is 3. The molecule has 3 rings (SSSR count). The van der Waals surface area contributed by atoms with Crippen LogP contribution < -0.4 is 0 Å². The SMILES string of the molecule is Cc1nc(C(=O)N2CCC[C@@H](C(F)(F)F)C2)nn1-c1ccc(Cl)cc1. The molecule has 2 heterocycles. The molecule has 1 atom stereocenters. The Morgan fingerprint density at radius 3 is 2.60 bits per heavy atom. The van der Waals surface area contributed by atoms with Crippen molar-refractivity contribution in [3.8, 4) is 5.69 Å². The second kappa shape index (κ2) is 6.67. The summed E-state index contributed by atoms with van der Waals surface area (Å²) in [6.45, 7) is 1.60. The lowest BCUT2D eigenvalue weighted by Gasteiger charge is -2.33. The van der Waals surface area contributed by atoms with Gasteiger partial charge in [-0.25, -0.2) is 9.67 Å². The van der Waals surface area contributed by atoms with Crippen LogP contribution in [-0.4, -0.2) is 44.8 Å². The summed E-state index contributed by atoms with van der Waals surface area (Å²) in [6.07, 6.45) is -3.95. The molecule has 0 bridgehead atoms. The summed E-state index contributed by atoms with van der Waals surface area (Å²) in [4.78, 5) is 17.8. The van der Waals surface area contributed by atoms with E-state index in [1.54, 1.807) is 31.2 Å². The van der Waals surface area contributed by atoms with Gasteiger partial charge in [0, 0.05) is 18.1 Å². The molecule has 0 unspecified atom stereocenters. The molecule has 0 N–H and O–H groups in total. The summed E-state index contributed by atoms with van der Waals surface area (Å²) in [7, 11) is 0. The number of benzene rings is 1. The smallest absolute Gasteiger partial charge is 0.335 e. The monoisotopic (exact) mass is 372 g/mol. The van der Waals surface area contributed by atoms with E-state index < -0.39 is 18.0 Å². The molecule has 2 aromatic rings. The summed E-state index contributed by atoms with van der Waals surface area (Å²) in [5.74, 6) is -1.71. The first-order chi connectivity index (χ1) is 11.8. The van der Waals surface area contributed by atoms with Gasteiger partial charge < -0.3 is 4.90 Å². The van der Waals surface area contributed by atoms with Crippen LogP contribution in [0.3, 0.4) is 0 Å². The number of alkyl halides is 3. The van der Waals surface area contributed by atoms with Crippen molar-refractivity contribution in [2.24, 2.45) is 5.92 Å². The third-order valence-corrected chi connectivity index (χ3v) is 4.45. The fourth-order valence-electron chi connectivity index (χ4n) is 2.88. The second-order valence-electron chi connectivity index (χ2n) is 6.00. The average Bonchev–Trinajstić information content (AvgIpc) is 2.96. The normalized spacial score (nSPS) is 18.4. The number of rotatable bonds is 2. The molecule has 0 radical (unpaired) electrons. The van der Waals surface area contributed by atoms with Crippen molar-refractivity contribution in [1.29, 1.82) is 0 Å². The van der Waals surface area contributed by atoms with E-state index in [0.717, 1.165) is 0 Å². The van der Waals surface area contributed by atoms with Crippen LogP contribution in [0.25, 0.3) is 5.69 Å². The number of carbonyl (C=O) groups is 1. The van der Waals surface area contributed by atoms with Gasteiger partial charge in [-0.1, -0.05) is 11.6 Å². The van der Waals surface area contributed by atoms with Crippen molar-refractivity contribution in [2.75, 3.05) is 13.1 Å². The zero-order valence-electron chi connectivity index (χ0n) is 13.4. The first-order valence-electron chi connectivity index (χ1n) is 7.81. The Morgan fingerprint density at radius 1 is 1.28 bits per heavy atom. The van der Waals surface area contributed by atoms with Gasteiger partial charge in [0.05, 0.1) is 11.6 Å². The number of carbonyl (C=O) groups excluding carboxylic acids is 1. The number of piperidine rings is 1. The van der Waals surface area contributed by atoms with E-state index in [2.05, 4.69) is 10.1 Å². The lowest BCUT2D eigenvalue weighted by molar-refractivity contribution is -0.184. The van der Waals surface area contributed by atoms with Crippen LogP contribution in [0.15, 0.2) is 24.3 Å². The van der Waals surface area contributed by atoms with Gasteiger partial charge in [0.2, 0.25) is 5.82 Å². The summed E-state index contributed by atoms with van der Waals surface area (Å²) in [5.41, 5.74) is 0.667. The van der Waals surface area contributed by atoms with Crippen molar-refractivity contribution in [2.45, 2.75) is 25.9 Å². The third-order valence-electron chi connectivity index (χ3n) is 4.20. The van der Waals surface area contributed by atoms with Crippen LogP contribution in [-0.2, 0) is 0 Å². The number of aryl methyl sites for hydroxylation is 1. The first-order valence-corrected chi connectivity index (χ1v) is 8.19. The van der Waals surface area contributed by atoms with Gasteiger partial charge in [0.25, 0.3) is 5.91 Å². The molecule has 9 heteroatoms. The molecule has 5 nitrogen and oxygen atoms in total. The van der Waals surface area contributed by atoms with Crippen molar-refractivity contribution < 1.29 is 18.0 Å². The highest BCUT2D eigenvalue weighted by molar-refractivity contribution is 6.30. The first kappa shape index (κ1) is 17.7. The molecule has 1 aromatic heterocycles. The van der Waals surface area contributed by atoms with Crippen molar-refractivity contribution in [1.82, 2.24) is 19.7 Å². The van der Waals surface area contributed by atoms with Gasteiger partial charge in [-0.05, 0) is 44.0 Å². The van der Waals surface area contributed by atoms with Crippen LogP contribution in [0.5, 0.6) is 0 Å². The van der Waals surface area contributed by atoms with Crippen molar-refractivity contribution >= 4 is 17.5 Å². The number of hydrogen-bond donors (Lipinski definition) is 0. The van der Waals surface area contributed by atoms with Crippen LogP contribution >= 0.6 is 11.6 Å². The van der Waals surface area contributed by atoms with Crippen molar-refractivity contribution in [3.05, 3.63) is 40.9 Å². The number of nitrogens with zero attached hydrogens (tertiary/aromatic N) is 4. The average molecular weight is 373 g/mol. The van der Waals surface area contributed by atoms with E-state index in [1.807, 2.05) is 0 Å². The van der Waals surface area contributed by atoms with E-state index in [1.165, 1.54) is 9.58 Å². The molecule has 0 saturated carbocycles. The molecular weight excluding hydrogens is 357 g/mol. The molecule has 134 valence electrons. The molecule has 1 aliphatic heterocycles. The lowest BCUT2D eigenvalue weighted by atomic mass is 9.97. The van der Waals surface area contributed by atoms with Gasteiger partial charge >= 0.3 is 6.18 Å². The molecule has 1 aromatic carbocycles. The third kappa shape index (κ3) is 3.78. The van der Waals surface area contributed by atoms with Crippen LogP contribution in [0.2, 0.25) is 5.02 Å². The maximum atomic E-state index is 12.9. The van der Waals surface area contributed by atoms with Crippen LogP contribution in [0.4, 0.5) is 13.2 Å². The van der Waals surface area contributed by atoms with E-state index in [-0.39, 0.29) is 25.3 Å². The Balaban J connectivity index is 1.81. The molecular formula is C16H16ClF3N4O. The minimum Gasteiger partial charge on any atom is -0.335 e. The summed E-state index contributed by atoms with van der Waals surface area (Å²) < 4.78 is 40.2. The second-order valence-corrected chi connectivity index (χ2v) is 6.44. The standard InChI is InChI=1S/C16H16ClF3N4O/c1-10-21-14(22-24(10)13-6-4-12(17)5-7-13)15(25)23-8-2-3-11(9-23)16(18,19)20/h4-7,11H,2-3,8-9H2,1H3/t11-/m1/s1. The van der Waals surface area contributed by atoms with Gasteiger partial charge in [0.15, 0.2) is 0 Å². The Bertz CT molecular complexity index is 773. The van der Waals surface area contributed by atoms with E-state index >= 15 is 0 Å². The highest BCUT2D eigenvalue weighted by Gasteiger charge is 2.43. The van der Waals surface area contributed by atoms with Gasteiger partial charge in [-0.2, -0.15) is 13.2 Å². The largest absolute Gasteiger partial charge is 0.393 e. The number of halogens is 4. The Hall–Kier alpha value is -2.09. The molecule has 25 heavy (non-hydrogen) atoms. The highest BCUT2D eigenvalue weighted by Crippen LogP contribution is 2.33. The fraction of sp³-hybridized carbons (Fsp3) is 0.438. The Kier molecular flexibility index (Phi) is 4.73. The number of likely N-dealkylation sites (tertiary alicyclic amines) is 1. The summed E-state index contributed by atoms with van der Waals surface area (Å²) in [5, 5.41) is 4.72. The minimum atomic E-state index is -4.30. The van der Waals surface area contributed by atoms with Crippen LogP contribution in [0, 0.1) is 12.8 Å². The predicted molar refractivity (Wildman–Crippen MR) is 85.8 cm³/mol. The van der Waals surface area contributed by atoms with Gasteiger partial charge in [-0.3, -0.25) is 4.79 Å². The molecule has 1 saturated heterocycles. The van der Waals surface area contributed by atoms with Gasteiger partial charge in [0.1, 0.15) is 5.82 Å². The molecule has 0 spiro atoms. The number of hydrogen-bond acceptors (Lipinski definition) is 3. The van der Waals surface area contributed by atoms with E-state index in [4.69, 9.17) is 11.6 Å². The van der Waals surface area contributed by atoms with E-state index in [0.29, 0.717) is 23.0 Å². The van der Waals surface area contributed by atoms with E-state index in [9.17, 15) is 18.0 Å². The zero-order chi connectivity index (χ0) is 18.2. The quantitative estimate of drug-likeness (QED) is 0.808. The Morgan fingerprint density at radius 2 is 1.96 bits per heavy atom.